The first-order chi connectivity index (χ1) is 15.2. The molecule has 0 bridgehead atoms. The van der Waals surface area contributed by atoms with Gasteiger partial charge in [0.15, 0.2) is 11.6 Å². The number of hydrogen-bond acceptors (Lipinski definition) is 10. The largest absolute Gasteiger partial charge is 0.382 e. The topological polar surface area (TPSA) is 177 Å². The van der Waals surface area contributed by atoms with Crippen LogP contribution < -0.4 is 28.1 Å². The van der Waals surface area contributed by atoms with Crippen LogP contribution in [-0.2, 0) is 0 Å². The summed E-state index contributed by atoms with van der Waals surface area (Å²) in [5.74, 6) is 0.652. The lowest BCUT2D eigenvalue weighted by Gasteiger charge is -2.20. The molecule has 0 fully saturated rings. The van der Waals surface area contributed by atoms with Gasteiger partial charge in [-0.2, -0.15) is 9.97 Å². The Bertz CT molecular complexity index is 1410. The average molecular weight is 494 g/mol. The van der Waals surface area contributed by atoms with Crippen LogP contribution in [0.4, 0.5) is 23.4 Å². The number of anilines is 4. The zero-order valence-corrected chi connectivity index (χ0v) is 18.6. The van der Waals surface area contributed by atoms with Crippen LogP contribution in [0.15, 0.2) is 29.3 Å². The average Bonchev–Trinajstić information content (AvgIpc) is 2.74. The van der Waals surface area contributed by atoms with Crippen molar-refractivity contribution in [2.24, 2.45) is 0 Å². The zero-order chi connectivity index (χ0) is 23.2. The molecule has 7 N–H and O–H groups in total. The van der Waals surface area contributed by atoms with Crippen molar-refractivity contribution in [3.05, 3.63) is 55.8 Å². The van der Waals surface area contributed by atoms with E-state index in [1.807, 2.05) is 0 Å². The van der Waals surface area contributed by atoms with Crippen molar-refractivity contribution in [1.82, 2.24) is 29.5 Å². The molecule has 3 aromatic heterocycles. The molecule has 1 aromatic carbocycles. The van der Waals surface area contributed by atoms with Crippen LogP contribution in [0.25, 0.3) is 16.7 Å². The van der Waals surface area contributed by atoms with E-state index in [1.165, 1.54) is 23.0 Å². The second-order valence-corrected chi connectivity index (χ2v) is 7.85. The molecule has 0 saturated heterocycles. The van der Waals surface area contributed by atoms with Gasteiger partial charge in [0.25, 0.3) is 5.56 Å². The minimum Gasteiger partial charge on any atom is -0.382 e. The molecule has 32 heavy (non-hydrogen) atoms. The van der Waals surface area contributed by atoms with Crippen molar-refractivity contribution < 1.29 is 0 Å². The van der Waals surface area contributed by atoms with Crippen LogP contribution in [0.3, 0.4) is 0 Å². The fourth-order valence-electron chi connectivity index (χ4n) is 3.04. The van der Waals surface area contributed by atoms with Gasteiger partial charge in [-0.25, -0.2) is 19.5 Å². The lowest BCUT2D eigenvalue weighted by atomic mass is 10.2. The summed E-state index contributed by atoms with van der Waals surface area (Å²) in [6, 6.07) is 2.41. The fraction of sp³-hybridized carbons (Fsp3) is 0.111. The van der Waals surface area contributed by atoms with E-state index in [2.05, 4.69) is 30.2 Å². The molecule has 0 saturated carbocycles. The van der Waals surface area contributed by atoms with Gasteiger partial charge in [0.2, 0.25) is 5.95 Å². The molecule has 14 heteroatoms. The van der Waals surface area contributed by atoms with Crippen LogP contribution in [0.5, 0.6) is 0 Å². The maximum absolute atomic E-state index is 13.5. The Morgan fingerprint density at radius 3 is 2.41 bits per heavy atom. The summed E-state index contributed by atoms with van der Waals surface area (Å²) in [4.78, 5) is 34.2. The predicted octanol–water partition coefficient (Wildman–Crippen LogP) is 2.85. The second-order valence-electron chi connectivity index (χ2n) is 6.66. The Morgan fingerprint density at radius 2 is 1.72 bits per heavy atom. The standard InChI is InChI=1S/C18H15Cl3N10O/c1-6(27-15-12(21)14(23)29-18(24)30-15)16-28-13-8(20)3-2-7(19)11(13)17(32)31(16)10-5-25-9(22)4-26-10/h2-6H,1H3,(H2,22,25)(H5,23,24,27,29,30). The van der Waals surface area contributed by atoms with Gasteiger partial charge >= 0.3 is 0 Å². The first-order valence-corrected chi connectivity index (χ1v) is 10.1. The number of nitrogen functional groups attached to an aromatic ring is 3. The summed E-state index contributed by atoms with van der Waals surface area (Å²) in [6.45, 7) is 1.72. The maximum atomic E-state index is 13.5. The SMILES string of the molecule is CC(Nc1nc(N)nc(N)c1Cl)c1nc2c(Cl)ccc(Cl)c2c(=O)n1-c1cnc(N)cn1. The molecule has 0 amide bonds. The van der Waals surface area contributed by atoms with Crippen molar-refractivity contribution in [3.63, 3.8) is 0 Å². The zero-order valence-electron chi connectivity index (χ0n) is 16.3. The highest BCUT2D eigenvalue weighted by molar-refractivity contribution is 6.39. The molecule has 4 aromatic rings. The van der Waals surface area contributed by atoms with Gasteiger partial charge < -0.3 is 22.5 Å². The van der Waals surface area contributed by atoms with E-state index in [-0.39, 0.29) is 61.0 Å². The Balaban J connectivity index is 1.97. The van der Waals surface area contributed by atoms with Crippen molar-refractivity contribution in [3.8, 4) is 5.82 Å². The molecule has 0 aliphatic heterocycles. The van der Waals surface area contributed by atoms with Gasteiger partial charge in [-0.1, -0.05) is 34.8 Å². The van der Waals surface area contributed by atoms with Gasteiger partial charge in [-0.05, 0) is 19.1 Å². The maximum Gasteiger partial charge on any atom is 0.268 e. The lowest BCUT2D eigenvalue weighted by Crippen LogP contribution is -2.28. The lowest BCUT2D eigenvalue weighted by molar-refractivity contribution is 0.720. The second kappa shape index (κ2) is 8.26. The summed E-state index contributed by atoms with van der Waals surface area (Å²) in [7, 11) is 0. The monoisotopic (exact) mass is 492 g/mol. The molecule has 11 nitrogen and oxygen atoms in total. The van der Waals surface area contributed by atoms with Gasteiger partial charge in [-0.15, -0.1) is 0 Å². The van der Waals surface area contributed by atoms with Gasteiger partial charge in [0.05, 0.1) is 39.4 Å². The summed E-state index contributed by atoms with van der Waals surface area (Å²) in [5, 5.41) is 3.67. The van der Waals surface area contributed by atoms with Crippen LogP contribution in [0.2, 0.25) is 15.1 Å². The molecule has 3 heterocycles. The van der Waals surface area contributed by atoms with Crippen molar-refractivity contribution in [2.45, 2.75) is 13.0 Å². The first-order valence-electron chi connectivity index (χ1n) is 9.01. The van der Waals surface area contributed by atoms with Crippen LogP contribution in [-0.4, -0.2) is 29.5 Å². The van der Waals surface area contributed by atoms with Gasteiger partial charge in [0, 0.05) is 0 Å². The molecule has 0 spiro atoms. The van der Waals surface area contributed by atoms with E-state index in [0.717, 1.165) is 0 Å². The Kier molecular flexibility index (Phi) is 5.63. The number of nitrogens with two attached hydrogens (primary N) is 3. The number of halogens is 3. The fourth-order valence-corrected chi connectivity index (χ4v) is 3.61. The third-order valence-electron chi connectivity index (χ3n) is 4.47. The van der Waals surface area contributed by atoms with Gasteiger partial charge in [-0.3, -0.25) is 4.79 Å². The van der Waals surface area contributed by atoms with Crippen molar-refractivity contribution in [2.75, 3.05) is 22.5 Å². The first kappa shape index (κ1) is 21.8. The highest BCUT2D eigenvalue weighted by atomic mass is 35.5. The Morgan fingerprint density at radius 1 is 1.00 bits per heavy atom. The van der Waals surface area contributed by atoms with E-state index in [0.29, 0.717) is 0 Å². The number of fused-ring (bicyclic) bond motifs is 1. The van der Waals surface area contributed by atoms with Crippen molar-refractivity contribution in [1.29, 1.82) is 0 Å². The number of nitrogens with zero attached hydrogens (tertiary/aromatic N) is 6. The highest BCUT2D eigenvalue weighted by Gasteiger charge is 2.23. The molecule has 164 valence electrons. The molecule has 0 aliphatic rings. The Labute approximate surface area is 195 Å². The van der Waals surface area contributed by atoms with E-state index in [9.17, 15) is 4.79 Å². The van der Waals surface area contributed by atoms with E-state index < -0.39 is 11.6 Å². The summed E-state index contributed by atoms with van der Waals surface area (Å²) in [5.41, 5.74) is 16.8. The number of benzene rings is 1. The van der Waals surface area contributed by atoms with Crippen LogP contribution >= 0.6 is 34.8 Å². The Hall–Kier alpha value is -3.41. The normalized spacial score (nSPS) is 12.1. The van der Waals surface area contributed by atoms with Crippen molar-refractivity contribution >= 4 is 69.1 Å². The molecular weight excluding hydrogens is 479 g/mol. The number of rotatable bonds is 4. The molecule has 4 rings (SSSR count). The summed E-state index contributed by atoms with van der Waals surface area (Å²) in [6.07, 6.45) is 2.66. The number of nitrogens with one attached hydrogen (secondary N) is 1. The molecule has 1 unspecified atom stereocenters. The van der Waals surface area contributed by atoms with E-state index >= 15 is 0 Å². The summed E-state index contributed by atoms with van der Waals surface area (Å²) >= 11 is 18.8. The molecular formula is C18H15Cl3N10O. The minimum absolute atomic E-state index is 0.00282. The molecule has 0 aliphatic carbocycles. The third-order valence-corrected chi connectivity index (χ3v) is 5.46. The quantitative estimate of drug-likeness (QED) is 0.330. The molecule has 1 atom stereocenters. The minimum atomic E-state index is -0.660. The van der Waals surface area contributed by atoms with Crippen LogP contribution in [0, 0.1) is 0 Å². The smallest absolute Gasteiger partial charge is 0.268 e. The summed E-state index contributed by atoms with van der Waals surface area (Å²) < 4.78 is 1.25. The predicted molar refractivity (Wildman–Crippen MR) is 125 cm³/mol. The van der Waals surface area contributed by atoms with E-state index in [1.54, 1.807) is 13.0 Å². The molecule has 0 radical (unpaired) electrons. The van der Waals surface area contributed by atoms with Gasteiger partial charge in [0.1, 0.15) is 22.5 Å². The third kappa shape index (κ3) is 3.81. The van der Waals surface area contributed by atoms with E-state index in [4.69, 9.17) is 52.0 Å². The number of aromatic nitrogens is 6. The van der Waals surface area contributed by atoms with Crippen LogP contribution in [0.1, 0.15) is 18.8 Å². The number of hydrogen-bond donors (Lipinski definition) is 4. The highest BCUT2D eigenvalue weighted by Crippen LogP contribution is 2.31.